The average Bonchev–Trinajstić information content (AvgIpc) is 2.69. The molecule has 20 heavy (non-hydrogen) atoms. The minimum Gasteiger partial charge on any atom is -0.394 e. The summed E-state index contributed by atoms with van der Waals surface area (Å²) in [6.07, 6.45) is 0. The van der Waals surface area contributed by atoms with Gasteiger partial charge >= 0.3 is 0 Å². The van der Waals surface area contributed by atoms with Crippen molar-refractivity contribution < 1.29 is 0 Å². The van der Waals surface area contributed by atoms with E-state index in [1.54, 1.807) is 22.9 Å². The molecule has 0 radical (unpaired) electrons. The van der Waals surface area contributed by atoms with Crippen molar-refractivity contribution in [3.63, 3.8) is 0 Å². The number of hydrogen-bond acceptors (Lipinski definition) is 4. The Balaban J connectivity index is 2.47. The van der Waals surface area contributed by atoms with Crippen molar-refractivity contribution in [2.24, 2.45) is 0 Å². The SMILES string of the molecule is Cc1nn(C(C)C)c(Nc2cc(C#N)ccc2Cl)c1N. The summed E-state index contributed by atoms with van der Waals surface area (Å²) in [5.41, 5.74) is 8.56. The highest BCUT2D eigenvalue weighted by molar-refractivity contribution is 6.33. The molecule has 3 N–H and O–H groups in total. The van der Waals surface area contributed by atoms with E-state index in [1.165, 1.54) is 0 Å². The fourth-order valence-corrected chi connectivity index (χ4v) is 2.04. The zero-order valence-electron chi connectivity index (χ0n) is 11.6. The second-order valence-electron chi connectivity index (χ2n) is 4.82. The van der Waals surface area contributed by atoms with Gasteiger partial charge in [0.2, 0.25) is 0 Å². The standard InChI is InChI=1S/C14H16ClN5/c1-8(2)20-14(13(17)9(3)19-20)18-12-6-10(7-16)4-5-11(12)15/h4-6,8,18H,17H2,1-3H3. The Morgan fingerprint density at radius 2 is 2.15 bits per heavy atom. The van der Waals surface area contributed by atoms with E-state index in [2.05, 4.69) is 16.5 Å². The van der Waals surface area contributed by atoms with Gasteiger partial charge in [-0.15, -0.1) is 0 Å². The highest BCUT2D eigenvalue weighted by Crippen LogP contribution is 2.32. The molecule has 1 aromatic heterocycles. The van der Waals surface area contributed by atoms with Gasteiger partial charge in [-0.25, -0.2) is 4.68 Å². The van der Waals surface area contributed by atoms with Crippen molar-refractivity contribution in [3.8, 4) is 6.07 Å². The molecule has 1 aromatic carbocycles. The predicted octanol–water partition coefficient (Wildman–Crippen LogP) is 3.62. The maximum absolute atomic E-state index is 8.96. The van der Waals surface area contributed by atoms with Crippen LogP contribution in [0.5, 0.6) is 0 Å². The third kappa shape index (κ3) is 2.56. The first-order valence-electron chi connectivity index (χ1n) is 6.25. The van der Waals surface area contributed by atoms with Crippen LogP contribution in [0.3, 0.4) is 0 Å². The number of halogens is 1. The van der Waals surface area contributed by atoms with E-state index < -0.39 is 0 Å². The van der Waals surface area contributed by atoms with E-state index in [0.717, 1.165) is 5.69 Å². The second-order valence-corrected chi connectivity index (χ2v) is 5.22. The summed E-state index contributed by atoms with van der Waals surface area (Å²) in [7, 11) is 0. The van der Waals surface area contributed by atoms with E-state index in [-0.39, 0.29) is 6.04 Å². The summed E-state index contributed by atoms with van der Waals surface area (Å²) in [6, 6.07) is 7.28. The van der Waals surface area contributed by atoms with Crippen LogP contribution in [0.25, 0.3) is 0 Å². The summed E-state index contributed by atoms with van der Waals surface area (Å²) < 4.78 is 1.81. The zero-order chi connectivity index (χ0) is 14.9. The van der Waals surface area contributed by atoms with Crippen LogP contribution in [0.1, 0.15) is 31.1 Å². The van der Waals surface area contributed by atoms with Crippen LogP contribution in [-0.2, 0) is 0 Å². The molecule has 0 saturated heterocycles. The fraction of sp³-hybridized carbons (Fsp3) is 0.286. The van der Waals surface area contributed by atoms with E-state index in [4.69, 9.17) is 22.6 Å². The molecule has 0 atom stereocenters. The van der Waals surface area contributed by atoms with E-state index in [1.807, 2.05) is 20.8 Å². The zero-order valence-corrected chi connectivity index (χ0v) is 12.4. The van der Waals surface area contributed by atoms with Crippen LogP contribution in [0.15, 0.2) is 18.2 Å². The number of rotatable bonds is 3. The van der Waals surface area contributed by atoms with E-state index in [9.17, 15) is 0 Å². The molecule has 0 aliphatic carbocycles. The number of benzene rings is 1. The highest BCUT2D eigenvalue weighted by Gasteiger charge is 2.16. The molecule has 0 saturated carbocycles. The summed E-state index contributed by atoms with van der Waals surface area (Å²) in [5.74, 6) is 0.689. The molecule has 0 unspecified atom stereocenters. The van der Waals surface area contributed by atoms with Gasteiger partial charge in [0, 0.05) is 6.04 Å². The molecule has 0 fully saturated rings. The third-order valence-electron chi connectivity index (χ3n) is 2.97. The van der Waals surface area contributed by atoms with Gasteiger partial charge in [0.05, 0.1) is 33.7 Å². The van der Waals surface area contributed by atoms with Crippen LogP contribution < -0.4 is 11.1 Å². The topological polar surface area (TPSA) is 79.7 Å². The quantitative estimate of drug-likeness (QED) is 0.904. The molecule has 0 amide bonds. The number of hydrogen-bond donors (Lipinski definition) is 2. The number of nitrogen functional groups attached to an aromatic ring is 1. The molecule has 0 bridgehead atoms. The Labute approximate surface area is 123 Å². The van der Waals surface area contributed by atoms with Gasteiger partial charge in [-0.2, -0.15) is 10.4 Å². The molecule has 5 nitrogen and oxygen atoms in total. The number of nitrogens with zero attached hydrogens (tertiary/aromatic N) is 3. The van der Waals surface area contributed by atoms with Gasteiger partial charge in [0.25, 0.3) is 0 Å². The van der Waals surface area contributed by atoms with Gasteiger partial charge in [-0.3, -0.25) is 0 Å². The van der Waals surface area contributed by atoms with Crippen molar-refractivity contribution in [3.05, 3.63) is 34.5 Å². The summed E-state index contributed by atoms with van der Waals surface area (Å²) in [4.78, 5) is 0. The van der Waals surface area contributed by atoms with Gasteiger partial charge in [0.1, 0.15) is 0 Å². The molecule has 0 aliphatic rings. The second kappa shape index (κ2) is 5.43. The van der Waals surface area contributed by atoms with Gasteiger partial charge in [-0.05, 0) is 39.0 Å². The maximum Gasteiger partial charge on any atom is 0.152 e. The summed E-state index contributed by atoms with van der Waals surface area (Å²) >= 11 is 6.15. The maximum atomic E-state index is 8.96. The monoisotopic (exact) mass is 289 g/mol. The van der Waals surface area contributed by atoms with Crippen LogP contribution >= 0.6 is 11.6 Å². The summed E-state index contributed by atoms with van der Waals surface area (Å²) in [5, 5.41) is 17.1. The smallest absolute Gasteiger partial charge is 0.152 e. The van der Waals surface area contributed by atoms with E-state index >= 15 is 0 Å². The Kier molecular flexibility index (Phi) is 3.86. The normalized spacial score (nSPS) is 10.6. The lowest BCUT2D eigenvalue weighted by Gasteiger charge is -2.14. The number of nitriles is 1. The Bertz CT molecular complexity index is 682. The van der Waals surface area contributed by atoms with E-state index in [0.29, 0.717) is 27.8 Å². The van der Waals surface area contributed by atoms with Crippen molar-refractivity contribution in [2.45, 2.75) is 26.8 Å². The van der Waals surface area contributed by atoms with Crippen molar-refractivity contribution in [1.82, 2.24) is 9.78 Å². The Hall–Kier alpha value is -2.19. The fourth-order valence-electron chi connectivity index (χ4n) is 1.88. The van der Waals surface area contributed by atoms with Crippen LogP contribution in [0, 0.1) is 18.3 Å². The lowest BCUT2D eigenvalue weighted by molar-refractivity contribution is 0.536. The van der Waals surface area contributed by atoms with Crippen LogP contribution in [0.4, 0.5) is 17.2 Å². The minimum atomic E-state index is 0.159. The van der Waals surface area contributed by atoms with Crippen molar-refractivity contribution in [2.75, 3.05) is 11.1 Å². The first kappa shape index (κ1) is 14.2. The average molecular weight is 290 g/mol. The lowest BCUT2D eigenvalue weighted by atomic mass is 10.2. The number of nitrogens with one attached hydrogen (secondary N) is 1. The molecule has 0 aliphatic heterocycles. The first-order chi connectivity index (χ1) is 9.43. The van der Waals surface area contributed by atoms with Gasteiger partial charge in [0.15, 0.2) is 5.82 Å². The molecular formula is C14H16ClN5. The molecular weight excluding hydrogens is 274 g/mol. The van der Waals surface area contributed by atoms with Gasteiger partial charge in [-0.1, -0.05) is 11.6 Å². The number of aryl methyl sites for hydroxylation is 1. The molecule has 6 heteroatoms. The highest BCUT2D eigenvalue weighted by atomic mass is 35.5. The number of aromatic nitrogens is 2. The molecule has 1 heterocycles. The third-order valence-corrected chi connectivity index (χ3v) is 3.30. The van der Waals surface area contributed by atoms with Crippen LogP contribution in [-0.4, -0.2) is 9.78 Å². The molecule has 2 aromatic rings. The van der Waals surface area contributed by atoms with Crippen molar-refractivity contribution >= 4 is 28.8 Å². The number of anilines is 3. The lowest BCUT2D eigenvalue weighted by Crippen LogP contribution is -2.08. The predicted molar refractivity (Wildman–Crippen MR) is 81.2 cm³/mol. The largest absolute Gasteiger partial charge is 0.394 e. The van der Waals surface area contributed by atoms with Crippen LogP contribution in [0.2, 0.25) is 5.02 Å². The Morgan fingerprint density at radius 1 is 1.45 bits per heavy atom. The molecule has 2 rings (SSSR count). The van der Waals surface area contributed by atoms with Gasteiger partial charge < -0.3 is 11.1 Å². The number of nitrogens with two attached hydrogens (primary N) is 1. The molecule has 104 valence electrons. The minimum absolute atomic E-state index is 0.159. The first-order valence-corrected chi connectivity index (χ1v) is 6.63. The Morgan fingerprint density at radius 3 is 2.75 bits per heavy atom. The summed E-state index contributed by atoms with van der Waals surface area (Å²) in [6.45, 7) is 5.89. The van der Waals surface area contributed by atoms with Crippen molar-refractivity contribution in [1.29, 1.82) is 5.26 Å². The molecule has 0 spiro atoms.